The maximum atomic E-state index is 12.5. The molecule has 1 saturated heterocycles. The summed E-state index contributed by atoms with van der Waals surface area (Å²) in [5, 5.41) is 13.7. The number of hydrogen-bond donors (Lipinski definition) is 3. The van der Waals surface area contributed by atoms with E-state index in [0.29, 0.717) is 13.1 Å². The minimum Gasteiger partial charge on any atom is -0.352 e. The van der Waals surface area contributed by atoms with Gasteiger partial charge in [-0.15, -0.1) is 0 Å². The molecule has 0 aromatic heterocycles. The average Bonchev–Trinajstić information content (AvgIpc) is 3.11. The summed E-state index contributed by atoms with van der Waals surface area (Å²) in [4.78, 5) is 22.9. The van der Waals surface area contributed by atoms with Crippen molar-refractivity contribution < 1.29 is 9.72 Å². The van der Waals surface area contributed by atoms with Crippen LogP contribution in [0.5, 0.6) is 0 Å². The number of rotatable bonds is 5. The molecule has 25 heavy (non-hydrogen) atoms. The molecule has 0 saturated carbocycles. The van der Waals surface area contributed by atoms with Crippen molar-refractivity contribution in [3.63, 3.8) is 0 Å². The monoisotopic (exact) mass is 404 g/mol. The van der Waals surface area contributed by atoms with Gasteiger partial charge in [0.25, 0.3) is 5.69 Å². The quantitative estimate of drug-likeness (QED) is 0.525. The Labute approximate surface area is 153 Å². The lowest BCUT2D eigenvalue weighted by molar-refractivity contribution is -0.384. The van der Waals surface area contributed by atoms with Gasteiger partial charge >= 0.3 is 0 Å². The van der Waals surface area contributed by atoms with Crippen LogP contribution in [-0.2, 0) is 11.3 Å². The lowest BCUT2D eigenvalue weighted by Crippen LogP contribution is -2.34. The second-order valence-corrected chi connectivity index (χ2v) is 6.72. The third-order valence-corrected chi connectivity index (χ3v) is 4.69. The molecule has 1 aliphatic rings. The highest BCUT2D eigenvalue weighted by molar-refractivity contribution is 9.10. The number of carbonyl (C=O) groups is 1. The molecule has 1 fully saturated rings. The van der Waals surface area contributed by atoms with E-state index >= 15 is 0 Å². The predicted molar refractivity (Wildman–Crippen MR) is 96.5 cm³/mol. The molecular weight excluding hydrogens is 388 g/mol. The molecule has 3 N–H and O–H groups in total. The Balaban J connectivity index is 1.65. The topological polar surface area (TPSA) is 96.3 Å². The Kier molecular flexibility index (Phi) is 5.42. The lowest BCUT2D eigenvalue weighted by atomic mass is 9.94. The molecule has 2 atom stereocenters. The molecule has 0 spiro atoms. The largest absolute Gasteiger partial charge is 0.352 e. The Hall–Kier alpha value is -2.29. The number of hydrazine groups is 1. The first kappa shape index (κ1) is 17.5. The van der Waals surface area contributed by atoms with Gasteiger partial charge in [-0.05, 0) is 23.3 Å². The normalized spacial score (nSPS) is 19.6. The van der Waals surface area contributed by atoms with E-state index in [0.717, 1.165) is 15.6 Å². The number of amides is 1. The van der Waals surface area contributed by atoms with E-state index in [9.17, 15) is 14.9 Å². The van der Waals surface area contributed by atoms with E-state index in [1.807, 2.05) is 24.3 Å². The minimum atomic E-state index is -0.438. The zero-order chi connectivity index (χ0) is 17.8. The smallest absolute Gasteiger partial charge is 0.269 e. The number of nitro benzene ring substituents is 1. The van der Waals surface area contributed by atoms with Gasteiger partial charge in [-0.3, -0.25) is 20.3 Å². The summed E-state index contributed by atoms with van der Waals surface area (Å²) < 4.78 is 0.991. The van der Waals surface area contributed by atoms with Crippen molar-refractivity contribution >= 4 is 27.5 Å². The van der Waals surface area contributed by atoms with Crippen LogP contribution >= 0.6 is 15.9 Å². The third-order valence-electron chi connectivity index (χ3n) is 4.16. The Morgan fingerprint density at radius 3 is 2.52 bits per heavy atom. The van der Waals surface area contributed by atoms with Crippen LogP contribution in [0.4, 0.5) is 5.69 Å². The summed E-state index contributed by atoms with van der Waals surface area (Å²) in [5.74, 6) is -0.360. The number of nitrogens with one attached hydrogen (secondary N) is 3. The molecule has 0 bridgehead atoms. The first-order chi connectivity index (χ1) is 12.0. The lowest BCUT2D eigenvalue weighted by Gasteiger charge is -2.18. The minimum absolute atomic E-state index is 0.0333. The summed E-state index contributed by atoms with van der Waals surface area (Å²) in [6, 6.07) is 13.8. The molecule has 0 aliphatic carbocycles. The number of hydrogen-bond acceptors (Lipinski definition) is 5. The first-order valence-electron chi connectivity index (χ1n) is 7.79. The number of halogens is 1. The molecule has 130 valence electrons. The predicted octanol–water partition coefficient (Wildman–Crippen LogP) is 2.44. The van der Waals surface area contributed by atoms with Gasteiger partial charge in [-0.2, -0.15) is 0 Å². The fraction of sp³-hybridized carbons (Fsp3) is 0.235. The highest BCUT2D eigenvalue weighted by Gasteiger charge is 2.33. The van der Waals surface area contributed by atoms with E-state index in [2.05, 4.69) is 32.1 Å². The van der Waals surface area contributed by atoms with E-state index in [4.69, 9.17) is 0 Å². The van der Waals surface area contributed by atoms with Crippen molar-refractivity contribution in [1.82, 2.24) is 16.2 Å². The van der Waals surface area contributed by atoms with E-state index in [-0.39, 0.29) is 23.6 Å². The Morgan fingerprint density at radius 1 is 1.20 bits per heavy atom. The van der Waals surface area contributed by atoms with Crippen molar-refractivity contribution in [3.8, 4) is 0 Å². The van der Waals surface area contributed by atoms with Gasteiger partial charge in [0, 0.05) is 29.7 Å². The molecule has 3 rings (SSSR count). The Bertz CT molecular complexity index is 764. The Morgan fingerprint density at radius 2 is 1.88 bits per heavy atom. The van der Waals surface area contributed by atoms with Gasteiger partial charge < -0.3 is 5.32 Å². The van der Waals surface area contributed by atoms with Crippen LogP contribution in [0.25, 0.3) is 0 Å². The molecule has 1 aliphatic heterocycles. The van der Waals surface area contributed by atoms with Crippen LogP contribution in [0.2, 0.25) is 0 Å². The highest BCUT2D eigenvalue weighted by Crippen LogP contribution is 2.26. The fourth-order valence-corrected chi connectivity index (χ4v) is 3.05. The van der Waals surface area contributed by atoms with Gasteiger partial charge in [-0.1, -0.05) is 40.2 Å². The van der Waals surface area contributed by atoms with Crippen LogP contribution in [0.15, 0.2) is 53.0 Å². The molecule has 2 aromatic carbocycles. The van der Waals surface area contributed by atoms with Crippen molar-refractivity contribution in [2.45, 2.75) is 12.6 Å². The van der Waals surface area contributed by atoms with E-state index in [1.54, 1.807) is 12.1 Å². The zero-order valence-corrected chi connectivity index (χ0v) is 14.8. The van der Waals surface area contributed by atoms with Gasteiger partial charge in [0.2, 0.25) is 5.91 Å². The molecule has 1 heterocycles. The molecule has 0 radical (unpaired) electrons. The van der Waals surface area contributed by atoms with Crippen LogP contribution in [0.1, 0.15) is 17.2 Å². The van der Waals surface area contributed by atoms with Crippen molar-refractivity contribution in [2.24, 2.45) is 5.92 Å². The zero-order valence-electron chi connectivity index (χ0n) is 13.2. The van der Waals surface area contributed by atoms with Crippen molar-refractivity contribution in [1.29, 1.82) is 0 Å². The maximum Gasteiger partial charge on any atom is 0.269 e. The standard InChI is InChI=1S/C17H17BrN4O3/c18-13-5-1-11(2-6-13)9-19-17(23)15-10-20-21-16(15)12-3-7-14(8-4-12)22(24)25/h1-8,15-16,20-21H,9-10H2,(H,19,23). The van der Waals surface area contributed by atoms with Gasteiger partial charge in [0.15, 0.2) is 0 Å². The molecule has 8 heteroatoms. The number of nitrogens with zero attached hydrogens (tertiary/aromatic N) is 1. The van der Waals surface area contributed by atoms with Gasteiger partial charge in [-0.25, -0.2) is 5.43 Å². The molecule has 2 unspecified atom stereocenters. The fourth-order valence-electron chi connectivity index (χ4n) is 2.78. The van der Waals surface area contributed by atoms with Crippen LogP contribution in [-0.4, -0.2) is 17.4 Å². The molecule has 7 nitrogen and oxygen atoms in total. The summed E-state index contributed by atoms with van der Waals surface area (Å²) >= 11 is 3.38. The van der Waals surface area contributed by atoms with E-state index in [1.165, 1.54) is 12.1 Å². The second-order valence-electron chi connectivity index (χ2n) is 5.80. The summed E-state index contributed by atoms with van der Waals surface area (Å²) in [5.41, 5.74) is 7.95. The first-order valence-corrected chi connectivity index (χ1v) is 8.59. The summed E-state index contributed by atoms with van der Waals surface area (Å²) in [6.45, 7) is 0.948. The number of non-ortho nitro benzene ring substituents is 1. The van der Waals surface area contributed by atoms with Crippen LogP contribution in [0.3, 0.4) is 0 Å². The SMILES string of the molecule is O=C(NCc1ccc(Br)cc1)C1CNNC1c1ccc([N+](=O)[O-])cc1. The highest BCUT2D eigenvalue weighted by atomic mass is 79.9. The molecule has 1 amide bonds. The van der Waals surface area contributed by atoms with Crippen LogP contribution < -0.4 is 16.2 Å². The van der Waals surface area contributed by atoms with Gasteiger partial charge in [0.05, 0.1) is 16.9 Å². The number of carbonyl (C=O) groups excluding carboxylic acids is 1. The van der Waals surface area contributed by atoms with E-state index < -0.39 is 4.92 Å². The average molecular weight is 405 g/mol. The van der Waals surface area contributed by atoms with Crippen molar-refractivity contribution in [3.05, 3.63) is 74.2 Å². The van der Waals surface area contributed by atoms with Gasteiger partial charge in [0.1, 0.15) is 0 Å². The summed E-state index contributed by atoms with van der Waals surface area (Å²) in [6.07, 6.45) is 0. The number of benzene rings is 2. The molecule has 2 aromatic rings. The summed E-state index contributed by atoms with van der Waals surface area (Å²) in [7, 11) is 0. The molecular formula is C17H17BrN4O3. The maximum absolute atomic E-state index is 12.5. The second kappa shape index (κ2) is 7.73. The third kappa shape index (κ3) is 4.22. The van der Waals surface area contributed by atoms with Crippen LogP contribution in [0, 0.1) is 16.0 Å². The number of nitro groups is 1. The van der Waals surface area contributed by atoms with Crippen molar-refractivity contribution in [2.75, 3.05) is 6.54 Å².